The summed E-state index contributed by atoms with van der Waals surface area (Å²) in [6.45, 7) is -0.101. The quantitative estimate of drug-likeness (QED) is 0.572. The third-order valence-corrected chi connectivity index (χ3v) is 4.57. The number of ether oxygens (including phenoxy) is 1. The zero-order valence-electron chi connectivity index (χ0n) is 17.4. The number of terminal acetylenes is 1. The zero-order chi connectivity index (χ0) is 22.2. The number of anilines is 3. The molecule has 0 aliphatic rings. The molecule has 0 fully saturated rings. The van der Waals surface area contributed by atoms with Gasteiger partial charge in [-0.3, -0.25) is 9.59 Å². The smallest absolute Gasteiger partial charge is 0.256 e. The van der Waals surface area contributed by atoms with E-state index >= 15 is 0 Å². The summed E-state index contributed by atoms with van der Waals surface area (Å²) in [5.41, 5.74) is 3.17. The number of methoxy groups -OCH3 is 1. The maximum atomic E-state index is 13.0. The highest BCUT2D eigenvalue weighted by Gasteiger charge is 2.18. The lowest BCUT2D eigenvalue weighted by atomic mass is 10.1. The molecule has 31 heavy (non-hydrogen) atoms. The van der Waals surface area contributed by atoms with Gasteiger partial charge in [0.05, 0.1) is 24.9 Å². The van der Waals surface area contributed by atoms with Crippen molar-refractivity contribution in [3.8, 4) is 18.1 Å². The van der Waals surface area contributed by atoms with Crippen LogP contribution >= 0.6 is 0 Å². The lowest BCUT2D eigenvalue weighted by Crippen LogP contribution is -2.35. The number of rotatable bonds is 7. The molecule has 0 saturated heterocycles. The van der Waals surface area contributed by atoms with Gasteiger partial charge in [0.2, 0.25) is 5.91 Å². The van der Waals surface area contributed by atoms with Crippen LogP contribution in [0.25, 0.3) is 0 Å². The highest BCUT2D eigenvalue weighted by molar-refractivity contribution is 6.03. The van der Waals surface area contributed by atoms with E-state index in [1.807, 2.05) is 36.4 Å². The first-order valence-corrected chi connectivity index (χ1v) is 9.62. The molecule has 156 valence electrons. The Morgan fingerprint density at radius 1 is 1.00 bits per heavy atom. The van der Waals surface area contributed by atoms with Crippen LogP contribution in [0.1, 0.15) is 15.9 Å². The van der Waals surface area contributed by atoms with Crippen molar-refractivity contribution in [3.05, 3.63) is 83.9 Å². The molecule has 2 N–H and O–H groups in total. The molecule has 0 radical (unpaired) electrons. The molecular formula is C25H23N3O3. The molecule has 0 spiro atoms. The Morgan fingerprint density at radius 3 is 2.45 bits per heavy atom. The number of hydrogen-bond donors (Lipinski definition) is 2. The van der Waals surface area contributed by atoms with Crippen molar-refractivity contribution in [2.24, 2.45) is 0 Å². The molecule has 0 atom stereocenters. The van der Waals surface area contributed by atoms with Gasteiger partial charge in [0.25, 0.3) is 5.91 Å². The van der Waals surface area contributed by atoms with E-state index < -0.39 is 0 Å². The summed E-state index contributed by atoms with van der Waals surface area (Å²) in [7, 11) is 3.19. The number of hydrogen-bond acceptors (Lipinski definition) is 4. The van der Waals surface area contributed by atoms with Gasteiger partial charge in [-0.2, -0.15) is 0 Å². The molecule has 0 aliphatic carbocycles. The van der Waals surface area contributed by atoms with Crippen LogP contribution in [0.15, 0.2) is 72.8 Å². The number of carbonyl (C=O) groups is 2. The molecule has 6 heteroatoms. The van der Waals surface area contributed by atoms with Gasteiger partial charge in [-0.25, -0.2) is 0 Å². The largest absolute Gasteiger partial charge is 0.497 e. The van der Waals surface area contributed by atoms with Gasteiger partial charge in [0.1, 0.15) is 5.75 Å². The van der Waals surface area contributed by atoms with Crippen molar-refractivity contribution in [2.75, 3.05) is 31.3 Å². The normalized spacial score (nSPS) is 9.97. The van der Waals surface area contributed by atoms with Crippen LogP contribution in [0.2, 0.25) is 0 Å². The Balaban J connectivity index is 1.68. The van der Waals surface area contributed by atoms with Gasteiger partial charge in [-0.15, -0.1) is 6.42 Å². The Hall–Kier alpha value is -4.24. The van der Waals surface area contributed by atoms with Gasteiger partial charge in [-0.1, -0.05) is 24.1 Å². The van der Waals surface area contributed by atoms with E-state index in [0.29, 0.717) is 22.5 Å². The number of likely N-dealkylation sites (N-methyl/N-ethyl adjacent to an activating group) is 1. The Kier molecular flexibility index (Phi) is 6.92. The molecule has 0 saturated carbocycles. The molecule has 6 nitrogen and oxygen atoms in total. The van der Waals surface area contributed by atoms with Crippen LogP contribution in [-0.2, 0) is 4.79 Å². The minimum atomic E-state index is -0.314. The highest BCUT2D eigenvalue weighted by Crippen LogP contribution is 2.24. The van der Waals surface area contributed by atoms with E-state index in [4.69, 9.17) is 11.2 Å². The van der Waals surface area contributed by atoms with Crippen LogP contribution in [0.4, 0.5) is 17.1 Å². The van der Waals surface area contributed by atoms with E-state index in [0.717, 1.165) is 11.4 Å². The van der Waals surface area contributed by atoms with E-state index in [9.17, 15) is 9.59 Å². The fraction of sp³-hybridized carbons (Fsp3) is 0.120. The maximum Gasteiger partial charge on any atom is 0.256 e. The van der Waals surface area contributed by atoms with Crippen LogP contribution in [0.5, 0.6) is 5.75 Å². The molecule has 0 heterocycles. The van der Waals surface area contributed by atoms with E-state index in [1.54, 1.807) is 50.6 Å². The minimum absolute atomic E-state index is 0.101. The third kappa shape index (κ3) is 5.64. The monoisotopic (exact) mass is 413 g/mol. The van der Waals surface area contributed by atoms with Crippen molar-refractivity contribution in [1.82, 2.24) is 4.90 Å². The molecule has 2 amide bonds. The lowest BCUT2D eigenvalue weighted by Gasteiger charge is -2.19. The maximum absolute atomic E-state index is 13.0. The standard InChI is InChI=1S/C25H23N3O3/c1-4-18-8-7-9-20(16-18)27-24(29)17-28(2)25(30)22-10-5-6-11-23(22)26-19-12-14-21(31-3)15-13-19/h1,5-16,26H,17H2,2-3H3,(H,27,29). The predicted molar refractivity (Wildman–Crippen MR) is 123 cm³/mol. The summed E-state index contributed by atoms with van der Waals surface area (Å²) in [6, 6.07) is 21.5. The van der Waals surface area contributed by atoms with Gasteiger partial charge < -0.3 is 20.3 Å². The SMILES string of the molecule is C#Cc1cccc(NC(=O)CN(C)C(=O)c2ccccc2Nc2ccc(OC)cc2)c1. The van der Waals surface area contributed by atoms with Crippen molar-refractivity contribution >= 4 is 28.9 Å². The van der Waals surface area contributed by atoms with Crippen LogP contribution in [-0.4, -0.2) is 37.4 Å². The van der Waals surface area contributed by atoms with Gasteiger partial charge >= 0.3 is 0 Å². The molecule has 0 unspecified atom stereocenters. The second-order valence-electron chi connectivity index (χ2n) is 6.83. The van der Waals surface area contributed by atoms with Crippen molar-refractivity contribution < 1.29 is 14.3 Å². The fourth-order valence-electron chi connectivity index (χ4n) is 2.99. The first-order chi connectivity index (χ1) is 15.0. The van der Waals surface area contributed by atoms with Crippen LogP contribution in [0.3, 0.4) is 0 Å². The number of carbonyl (C=O) groups excluding carboxylic acids is 2. The molecule has 3 aromatic rings. The number of benzene rings is 3. The molecule has 0 aliphatic heterocycles. The third-order valence-electron chi connectivity index (χ3n) is 4.57. The summed E-state index contributed by atoms with van der Waals surface area (Å²) in [5, 5.41) is 6.01. The second-order valence-corrected chi connectivity index (χ2v) is 6.83. The number of nitrogens with zero attached hydrogens (tertiary/aromatic N) is 1. The summed E-state index contributed by atoms with van der Waals surface area (Å²) < 4.78 is 5.17. The average molecular weight is 413 g/mol. The van der Waals surface area contributed by atoms with Crippen LogP contribution in [0, 0.1) is 12.3 Å². The molecule has 0 aromatic heterocycles. The number of nitrogens with one attached hydrogen (secondary N) is 2. The Labute approximate surface area is 181 Å². The minimum Gasteiger partial charge on any atom is -0.497 e. The summed E-state index contributed by atoms with van der Waals surface area (Å²) in [4.78, 5) is 26.8. The first kappa shape index (κ1) is 21.5. The van der Waals surface area contributed by atoms with E-state index in [1.165, 1.54) is 4.90 Å². The van der Waals surface area contributed by atoms with Gasteiger partial charge in [-0.05, 0) is 54.6 Å². The molecular weight excluding hydrogens is 390 g/mol. The van der Waals surface area contributed by atoms with E-state index in [2.05, 4.69) is 16.6 Å². The summed E-state index contributed by atoms with van der Waals surface area (Å²) in [5.74, 6) is 2.68. The first-order valence-electron chi connectivity index (χ1n) is 9.62. The number of para-hydroxylation sites is 1. The molecule has 0 bridgehead atoms. The fourth-order valence-corrected chi connectivity index (χ4v) is 2.99. The van der Waals surface area contributed by atoms with Crippen LogP contribution < -0.4 is 15.4 Å². The number of amides is 2. The zero-order valence-corrected chi connectivity index (χ0v) is 17.4. The second kappa shape index (κ2) is 9.99. The Morgan fingerprint density at radius 2 is 1.74 bits per heavy atom. The predicted octanol–water partition coefficient (Wildman–Crippen LogP) is 4.13. The Bertz CT molecular complexity index is 1120. The molecule has 3 aromatic carbocycles. The van der Waals surface area contributed by atoms with Crippen molar-refractivity contribution in [1.29, 1.82) is 0 Å². The van der Waals surface area contributed by atoms with E-state index in [-0.39, 0.29) is 18.4 Å². The average Bonchev–Trinajstić information content (AvgIpc) is 2.79. The van der Waals surface area contributed by atoms with Crippen molar-refractivity contribution in [2.45, 2.75) is 0 Å². The van der Waals surface area contributed by atoms with Gasteiger partial charge in [0.15, 0.2) is 0 Å². The summed E-state index contributed by atoms with van der Waals surface area (Å²) >= 11 is 0. The highest BCUT2D eigenvalue weighted by atomic mass is 16.5. The summed E-state index contributed by atoms with van der Waals surface area (Å²) in [6.07, 6.45) is 5.39. The molecule has 3 rings (SSSR count). The lowest BCUT2D eigenvalue weighted by molar-refractivity contribution is -0.116. The van der Waals surface area contributed by atoms with Gasteiger partial charge in [0, 0.05) is 24.0 Å². The topological polar surface area (TPSA) is 70.7 Å². The van der Waals surface area contributed by atoms with Crippen molar-refractivity contribution in [3.63, 3.8) is 0 Å².